The van der Waals surface area contributed by atoms with Crippen molar-refractivity contribution in [1.82, 2.24) is 4.90 Å². The number of hydrogen-bond donors (Lipinski definition) is 0. The highest BCUT2D eigenvalue weighted by Crippen LogP contribution is 2.15. The number of alkyl halides is 2. The summed E-state index contributed by atoms with van der Waals surface area (Å²) in [5.74, 6) is -0.456. The smallest absolute Gasteiger partial charge is 0.387 e. The number of carbonyl (C=O) groups excluding carboxylic acids is 2. The first-order valence-corrected chi connectivity index (χ1v) is 8.75. The van der Waals surface area contributed by atoms with Crippen LogP contribution in [0.1, 0.15) is 32.8 Å². The molecule has 0 bridgehead atoms. The molecule has 0 heterocycles. The lowest BCUT2D eigenvalue weighted by atomic mass is 10.1. The second-order valence-electron chi connectivity index (χ2n) is 6.58. The van der Waals surface area contributed by atoms with Gasteiger partial charge in [0.05, 0.1) is 0 Å². The molecule has 0 aliphatic rings. The van der Waals surface area contributed by atoms with Crippen LogP contribution in [-0.4, -0.2) is 49.8 Å². The van der Waals surface area contributed by atoms with Crippen molar-refractivity contribution in [1.29, 1.82) is 0 Å². The average Bonchev–Trinajstić information content (AvgIpc) is 2.60. The first-order chi connectivity index (χ1) is 12.7. The third-order valence-corrected chi connectivity index (χ3v) is 3.73. The number of likely N-dealkylation sites (N-methyl/N-ethyl adjacent to an activating group) is 1. The minimum atomic E-state index is -2.88. The fraction of sp³-hybridized carbons (Fsp3) is 0.579. The van der Waals surface area contributed by atoms with Crippen LogP contribution in [0.15, 0.2) is 24.3 Å². The summed E-state index contributed by atoms with van der Waals surface area (Å²) in [4.78, 5) is 25.3. The van der Waals surface area contributed by atoms with Gasteiger partial charge in [-0.15, -0.1) is 0 Å². The second kappa shape index (κ2) is 11.5. The van der Waals surface area contributed by atoms with E-state index in [1.165, 1.54) is 17.0 Å². The number of benzene rings is 1. The van der Waals surface area contributed by atoms with Crippen LogP contribution in [0, 0.1) is 5.92 Å². The van der Waals surface area contributed by atoms with Crippen molar-refractivity contribution in [3.63, 3.8) is 0 Å². The highest BCUT2D eigenvalue weighted by molar-refractivity contribution is 5.81. The highest BCUT2D eigenvalue weighted by Gasteiger charge is 2.18. The fourth-order valence-electron chi connectivity index (χ4n) is 2.05. The summed E-state index contributed by atoms with van der Waals surface area (Å²) >= 11 is 0. The summed E-state index contributed by atoms with van der Waals surface area (Å²) in [6.45, 7) is 3.12. The molecule has 1 rings (SSSR count). The fourth-order valence-corrected chi connectivity index (χ4v) is 2.05. The summed E-state index contributed by atoms with van der Waals surface area (Å²) < 4.78 is 38.9. The van der Waals surface area contributed by atoms with E-state index in [0.29, 0.717) is 12.5 Å². The van der Waals surface area contributed by atoms with Gasteiger partial charge >= 0.3 is 12.6 Å². The zero-order valence-corrected chi connectivity index (χ0v) is 16.1. The van der Waals surface area contributed by atoms with E-state index in [-0.39, 0.29) is 24.8 Å². The van der Waals surface area contributed by atoms with Crippen molar-refractivity contribution < 1.29 is 32.6 Å². The van der Waals surface area contributed by atoms with E-state index in [4.69, 9.17) is 9.47 Å². The van der Waals surface area contributed by atoms with Crippen LogP contribution in [0.3, 0.4) is 0 Å². The number of carbonyl (C=O) groups is 2. The first kappa shape index (κ1) is 22.8. The monoisotopic (exact) mass is 387 g/mol. The Morgan fingerprint density at radius 3 is 2.30 bits per heavy atom. The maximum absolute atomic E-state index is 12.1. The van der Waals surface area contributed by atoms with Gasteiger partial charge in [0.15, 0.2) is 12.7 Å². The molecule has 0 aromatic heterocycles. The minimum Gasteiger partial charge on any atom is -0.454 e. The quantitative estimate of drug-likeness (QED) is 0.546. The van der Waals surface area contributed by atoms with Gasteiger partial charge in [0.25, 0.3) is 5.91 Å². The zero-order chi connectivity index (χ0) is 20.4. The first-order valence-electron chi connectivity index (χ1n) is 8.75. The number of esters is 1. The molecular formula is C19H27F2NO5. The third-order valence-electron chi connectivity index (χ3n) is 3.73. The van der Waals surface area contributed by atoms with Crippen molar-refractivity contribution in [3.05, 3.63) is 29.8 Å². The van der Waals surface area contributed by atoms with Gasteiger partial charge in [0, 0.05) is 20.2 Å². The van der Waals surface area contributed by atoms with E-state index < -0.39 is 18.7 Å². The van der Waals surface area contributed by atoms with E-state index in [1.807, 2.05) is 0 Å². The Balaban J connectivity index is 2.38. The largest absolute Gasteiger partial charge is 0.454 e. The van der Waals surface area contributed by atoms with Crippen LogP contribution in [-0.2, 0) is 25.6 Å². The summed E-state index contributed by atoms with van der Waals surface area (Å²) in [5, 5.41) is 0. The summed E-state index contributed by atoms with van der Waals surface area (Å²) in [6.07, 6.45) is 0.102. The van der Waals surface area contributed by atoms with Gasteiger partial charge in [-0.25, -0.2) is 4.79 Å². The predicted molar refractivity (Wildman–Crippen MR) is 95.4 cm³/mol. The van der Waals surface area contributed by atoms with Gasteiger partial charge in [-0.1, -0.05) is 26.0 Å². The molecule has 152 valence electrons. The van der Waals surface area contributed by atoms with E-state index >= 15 is 0 Å². The summed E-state index contributed by atoms with van der Waals surface area (Å²) in [7, 11) is 1.56. The molecule has 0 radical (unpaired) electrons. The lowest BCUT2D eigenvalue weighted by molar-refractivity contribution is -0.161. The number of ether oxygens (including phenoxy) is 3. The van der Waals surface area contributed by atoms with Crippen molar-refractivity contribution in [2.75, 3.05) is 20.3 Å². The van der Waals surface area contributed by atoms with Gasteiger partial charge < -0.3 is 19.1 Å². The molecule has 27 heavy (non-hydrogen) atoms. The molecule has 1 aromatic carbocycles. The second-order valence-corrected chi connectivity index (χ2v) is 6.58. The lowest BCUT2D eigenvalue weighted by Crippen LogP contribution is -2.33. The molecule has 0 spiro atoms. The van der Waals surface area contributed by atoms with E-state index in [0.717, 1.165) is 12.0 Å². The average molecular weight is 387 g/mol. The Morgan fingerprint density at radius 2 is 1.74 bits per heavy atom. The van der Waals surface area contributed by atoms with Crippen LogP contribution in [0.2, 0.25) is 0 Å². The predicted octanol–water partition coefficient (Wildman–Crippen LogP) is 3.24. The van der Waals surface area contributed by atoms with Crippen molar-refractivity contribution in [2.45, 2.75) is 46.5 Å². The van der Waals surface area contributed by atoms with Gasteiger partial charge in [-0.2, -0.15) is 8.78 Å². The van der Waals surface area contributed by atoms with E-state index in [2.05, 4.69) is 18.6 Å². The molecule has 1 amide bonds. The van der Waals surface area contributed by atoms with Crippen LogP contribution in [0.4, 0.5) is 8.78 Å². The van der Waals surface area contributed by atoms with Crippen LogP contribution in [0.25, 0.3) is 0 Å². The Labute approximate surface area is 158 Å². The molecule has 0 aliphatic heterocycles. The number of halogens is 2. The maximum Gasteiger partial charge on any atom is 0.387 e. The maximum atomic E-state index is 12.1. The zero-order valence-electron chi connectivity index (χ0n) is 16.1. The van der Waals surface area contributed by atoms with Gasteiger partial charge in [0.2, 0.25) is 0 Å². The summed E-state index contributed by atoms with van der Waals surface area (Å²) in [5.41, 5.74) is 0.726. The number of hydrogen-bond acceptors (Lipinski definition) is 5. The van der Waals surface area contributed by atoms with Gasteiger partial charge in [0.1, 0.15) is 5.75 Å². The van der Waals surface area contributed by atoms with Crippen LogP contribution < -0.4 is 4.74 Å². The molecule has 1 aromatic rings. The van der Waals surface area contributed by atoms with Crippen molar-refractivity contribution in [2.24, 2.45) is 5.92 Å². The Hall–Kier alpha value is -2.22. The van der Waals surface area contributed by atoms with Crippen molar-refractivity contribution in [3.8, 4) is 5.75 Å². The van der Waals surface area contributed by atoms with Gasteiger partial charge in [-0.3, -0.25) is 4.79 Å². The number of nitrogens with zero attached hydrogens (tertiary/aromatic N) is 1. The summed E-state index contributed by atoms with van der Waals surface area (Å²) in [6, 6.07) is 5.96. The SMILES string of the molecule is CC(C)CCOC(C)C(=O)OCC(=O)N(C)Cc1ccc(OC(F)F)cc1. The van der Waals surface area contributed by atoms with E-state index in [1.54, 1.807) is 26.1 Å². The molecule has 0 saturated heterocycles. The normalized spacial score (nSPS) is 12.1. The van der Waals surface area contributed by atoms with Crippen LogP contribution in [0.5, 0.6) is 5.75 Å². The molecule has 0 N–H and O–H groups in total. The lowest BCUT2D eigenvalue weighted by Gasteiger charge is -2.18. The Kier molecular flexibility index (Phi) is 9.71. The topological polar surface area (TPSA) is 65.1 Å². The molecule has 0 saturated carbocycles. The molecule has 0 aliphatic carbocycles. The number of rotatable bonds is 11. The van der Waals surface area contributed by atoms with Crippen molar-refractivity contribution >= 4 is 11.9 Å². The highest BCUT2D eigenvalue weighted by atomic mass is 19.3. The molecular weight excluding hydrogens is 360 g/mol. The number of amides is 1. The molecule has 6 nitrogen and oxygen atoms in total. The molecule has 0 fully saturated rings. The standard InChI is InChI=1S/C19H27F2NO5/c1-13(2)9-10-25-14(3)18(24)26-12-17(23)22(4)11-15-5-7-16(8-6-15)27-19(20)21/h5-8,13-14,19H,9-12H2,1-4H3. The minimum absolute atomic E-state index is 0.0445. The molecule has 1 atom stereocenters. The Morgan fingerprint density at radius 1 is 1.11 bits per heavy atom. The van der Waals surface area contributed by atoms with E-state index in [9.17, 15) is 18.4 Å². The van der Waals surface area contributed by atoms with Gasteiger partial charge in [-0.05, 0) is 37.0 Å². The molecule has 1 unspecified atom stereocenters. The Bertz CT molecular complexity index is 592. The third kappa shape index (κ3) is 9.33. The van der Waals surface area contributed by atoms with Crippen LogP contribution >= 0.6 is 0 Å². The molecule has 8 heteroatoms.